The summed E-state index contributed by atoms with van der Waals surface area (Å²) in [6.45, 7) is -0.701. The van der Waals surface area contributed by atoms with Gasteiger partial charge in [0.05, 0.1) is 6.42 Å². The molecule has 0 heterocycles. The number of nitrogens with two attached hydrogens (primary N) is 2. The van der Waals surface area contributed by atoms with Crippen LogP contribution in [0.1, 0.15) is 6.42 Å². The Bertz CT molecular complexity index is 268. The normalized spacial score (nSPS) is 12.2. The molecule has 0 aromatic heterocycles. The summed E-state index contributed by atoms with van der Waals surface area (Å²) >= 11 is 0. The van der Waals surface area contributed by atoms with E-state index in [2.05, 4.69) is 10.7 Å². The Labute approximate surface area is 84.1 Å². The number of aliphatic carboxylic acids is 2. The number of hydrazine groups is 1. The summed E-state index contributed by atoms with van der Waals surface area (Å²) in [5, 5.41) is 17.3. The third-order valence-electron chi connectivity index (χ3n) is 1.47. The molecule has 6 N–H and O–H groups in total. The van der Waals surface area contributed by atoms with Crippen LogP contribution in [0, 0.1) is 0 Å². The number of hydrogen-bond donors (Lipinski definition) is 4. The summed E-state index contributed by atoms with van der Waals surface area (Å²) in [5.74, 6) is 5.98. The van der Waals surface area contributed by atoms with Crippen LogP contribution in [-0.2, 0) is 19.2 Å². The van der Waals surface area contributed by atoms with E-state index in [1.807, 2.05) is 0 Å². The van der Waals surface area contributed by atoms with E-state index >= 15 is 0 Å². The van der Waals surface area contributed by atoms with Crippen LogP contribution in [0.4, 0.5) is 0 Å². The number of carboxylic acids is 2. The van der Waals surface area contributed by atoms with Crippen molar-refractivity contribution >= 4 is 17.9 Å². The SMILES string of the molecule is NOC(=O)C(CC(=O)O)N(N)CC(=O)O. The maximum Gasteiger partial charge on any atom is 0.343 e. The zero-order valence-electron chi connectivity index (χ0n) is 7.62. The highest BCUT2D eigenvalue weighted by Crippen LogP contribution is 2.01. The molecule has 0 saturated carbocycles. The van der Waals surface area contributed by atoms with Gasteiger partial charge in [-0.3, -0.25) is 15.4 Å². The van der Waals surface area contributed by atoms with E-state index in [9.17, 15) is 14.4 Å². The Morgan fingerprint density at radius 1 is 1.27 bits per heavy atom. The molecule has 0 aromatic rings. The molecule has 0 aliphatic rings. The minimum Gasteiger partial charge on any atom is -0.481 e. The second-order valence-corrected chi connectivity index (χ2v) is 2.62. The fourth-order valence-corrected chi connectivity index (χ4v) is 0.846. The minimum atomic E-state index is -1.43. The Balaban J connectivity index is 4.53. The molecule has 0 radical (unpaired) electrons. The van der Waals surface area contributed by atoms with Gasteiger partial charge >= 0.3 is 17.9 Å². The zero-order chi connectivity index (χ0) is 12.0. The molecule has 0 bridgehead atoms. The van der Waals surface area contributed by atoms with E-state index in [4.69, 9.17) is 16.1 Å². The highest BCUT2D eigenvalue weighted by Gasteiger charge is 2.29. The molecule has 0 rings (SSSR count). The van der Waals surface area contributed by atoms with Gasteiger partial charge in [-0.25, -0.2) is 9.80 Å². The predicted octanol–water partition coefficient (Wildman–Crippen LogP) is -2.49. The first-order valence-corrected chi connectivity index (χ1v) is 3.74. The lowest BCUT2D eigenvalue weighted by molar-refractivity contribution is -0.157. The first-order valence-electron chi connectivity index (χ1n) is 3.74. The number of hydrogen-bond acceptors (Lipinski definition) is 7. The van der Waals surface area contributed by atoms with Crippen molar-refractivity contribution in [2.24, 2.45) is 11.7 Å². The first kappa shape index (κ1) is 13.3. The fraction of sp³-hybridized carbons (Fsp3) is 0.500. The van der Waals surface area contributed by atoms with Gasteiger partial charge in [0.25, 0.3) is 0 Å². The molecule has 9 heteroatoms. The number of carbonyl (C=O) groups excluding carboxylic acids is 1. The molecule has 0 saturated heterocycles. The number of rotatable bonds is 6. The third-order valence-corrected chi connectivity index (χ3v) is 1.47. The highest BCUT2D eigenvalue weighted by molar-refractivity contribution is 5.82. The summed E-state index contributed by atoms with van der Waals surface area (Å²) in [7, 11) is 0. The fourth-order valence-electron chi connectivity index (χ4n) is 0.846. The summed E-state index contributed by atoms with van der Waals surface area (Å²) in [6, 6.07) is -1.43. The van der Waals surface area contributed by atoms with Crippen LogP contribution in [0.15, 0.2) is 0 Å². The van der Waals surface area contributed by atoms with E-state index in [1.165, 1.54) is 0 Å². The van der Waals surface area contributed by atoms with Gasteiger partial charge in [-0.1, -0.05) is 0 Å². The van der Waals surface area contributed by atoms with Gasteiger partial charge in [0.15, 0.2) is 0 Å². The number of nitrogens with zero attached hydrogens (tertiary/aromatic N) is 1. The van der Waals surface area contributed by atoms with Gasteiger partial charge < -0.3 is 15.1 Å². The van der Waals surface area contributed by atoms with Gasteiger partial charge in [-0.15, -0.1) is 0 Å². The predicted molar refractivity (Wildman–Crippen MR) is 44.8 cm³/mol. The van der Waals surface area contributed by atoms with Gasteiger partial charge in [0.2, 0.25) is 0 Å². The summed E-state index contributed by atoms with van der Waals surface area (Å²) < 4.78 is 0. The molecule has 0 amide bonds. The van der Waals surface area contributed by atoms with E-state index in [0.717, 1.165) is 0 Å². The average Bonchev–Trinajstić information content (AvgIpc) is 2.11. The van der Waals surface area contributed by atoms with Crippen LogP contribution < -0.4 is 11.7 Å². The standard InChI is InChI=1S/C6H11N3O6/c7-9(2-5(12)13)3(1-4(10)11)6(14)15-8/h3H,1-2,7-8H2,(H,10,11)(H,12,13). The molecule has 0 fully saturated rings. The number of carboxylic acid groups (broad SMARTS) is 2. The maximum atomic E-state index is 10.9. The second kappa shape index (κ2) is 5.90. The van der Waals surface area contributed by atoms with Crippen LogP contribution in [0.2, 0.25) is 0 Å². The third kappa shape index (κ3) is 4.90. The summed E-state index contributed by atoms with van der Waals surface area (Å²) in [4.78, 5) is 35.3. The lowest BCUT2D eigenvalue weighted by Gasteiger charge is -2.21. The van der Waals surface area contributed by atoms with Crippen molar-refractivity contribution in [2.45, 2.75) is 12.5 Å². The zero-order valence-corrected chi connectivity index (χ0v) is 7.62. The Kier molecular flexibility index (Phi) is 5.23. The quantitative estimate of drug-likeness (QED) is 0.281. The molecule has 1 unspecified atom stereocenters. The van der Waals surface area contributed by atoms with E-state index in [0.29, 0.717) is 5.01 Å². The van der Waals surface area contributed by atoms with Crippen molar-refractivity contribution < 1.29 is 29.4 Å². The van der Waals surface area contributed by atoms with Crippen LogP contribution in [0.5, 0.6) is 0 Å². The first-order chi connectivity index (χ1) is 6.88. The Morgan fingerprint density at radius 2 is 1.80 bits per heavy atom. The van der Waals surface area contributed by atoms with Crippen LogP contribution >= 0.6 is 0 Å². The molecule has 1 atom stereocenters. The molecular weight excluding hydrogens is 210 g/mol. The molecule has 0 aliphatic carbocycles. The Morgan fingerprint density at radius 3 is 2.13 bits per heavy atom. The van der Waals surface area contributed by atoms with Crippen molar-refractivity contribution in [2.75, 3.05) is 6.54 Å². The van der Waals surface area contributed by atoms with Crippen molar-refractivity contribution in [3.63, 3.8) is 0 Å². The molecule has 0 spiro atoms. The van der Waals surface area contributed by atoms with Crippen LogP contribution in [0.25, 0.3) is 0 Å². The minimum absolute atomic E-state index is 0.533. The monoisotopic (exact) mass is 221 g/mol. The van der Waals surface area contributed by atoms with Gasteiger partial charge in [-0.05, 0) is 0 Å². The molecule has 9 nitrogen and oxygen atoms in total. The topological polar surface area (TPSA) is 156 Å². The van der Waals surface area contributed by atoms with Gasteiger partial charge in [-0.2, -0.15) is 5.90 Å². The van der Waals surface area contributed by atoms with E-state index < -0.39 is 36.9 Å². The van der Waals surface area contributed by atoms with Gasteiger partial charge in [0.1, 0.15) is 12.6 Å². The van der Waals surface area contributed by atoms with Crippen molar-refractivity contribution in [1.82, 2.24) is 5.01 Å². The largest absolute Gasteiger partial charge is 0.481 e. The smallest absolute Gasteiger partial charge is 0.343 e. The maximum absolute atomic E-state index is 10.9. The summed E-state index contributed by atoms with van der Waals surface area (Å²) in [6.07, 6.45) is -0.695. The van der Waals surface area contributed by atoms with E-state index in [1.54, 1.807) is 0 Å². The average molecular weight is 221 g/mol. The van der Waals surface area contributed by atoms with E-state index in [-0.39, 0.29) is 0 Å². The number of carbonyl (C=O) groups is 3. The van der Waals surface area contributed by atoms with Crippen LogP contribution in [-0.4, -0.2) is 45.7 Å². The highest BCUT2D eigenvalue weighted by atomic mass is 16.7. The van der Waals surface area contributed by atoms with Gasteiger partial charge in [0, 0.05) is 0 Å². The van der Waals surface area contributed by atoms with Crippen molar-refractivity contribution in [1.29, 1.82) is 0 Å². The second-order valence-electron chi connectivity index (χ2n) is 2.62. The summed E-state index contributed by atoms with van der Waals surface area (Å²) in [5.41, 5.74) is 0. The molecule has 86 valence electrons. The van der Waals surface area contributed by atoms with Crippen LogP contribution in [0.3, 0.4) is 0 Å². The molecular formula is C6H11N3O6. The lowest BCUT2D eigenvalue weighted by Crippen LogP contribution is -2.50. The molecule has 0 aromatic carbocycles. The molecule has 0 aliphatic heterocycles. The lowest BCUT2D eigenvalue weighted by atomic mass is 10.2. The van der Waals surface area contributed by atoms with Crippen molar-refractivity contribution in [3.05, 3.63) is 0 Å². The van der Waals surface area contributed by atoms with Crippen molar-refractivity contribution in [3.8, 4) is 0 Å². The Hall–Kier alpha value is -1.71. The molecule has 15 heavy (non-hydrogen) atoms.